The van der Waals surface area contributed by atoms with E-state index in [1.807, 2.05) is 6.07 Å². The highest BCUT2D eigenvalue weighted by Gasteiger charge is 2.25. The molecule has 17 heavy (non-hydrogen) atoms. The summed E-state index contributed by atoms with van der Waals surface area (Å²) in [5.74, 6) is 0.337. The number of rotatable bonds is 3. The number of hydrogen-bond acceptors (Lipinski definition) is 2. The Morgan fingerprint density at radius 1 is 1.18 bits per heavy atom. The third-order valence-corrected chi connectivity index (χ3v) is 5.21. The van der Waals surface area contributed by atoms with Crippen LogP contribution < -0.4 is 0 Å². The zero-order valence-corrected chi connectivity index (χ0v) is 11.2. The van der Waals surface area contributed by atoms with Crippen LogP contribution in [0.2, 0.25) is 0 Å². The van der Waals surface area contributed by atoms with Crippen LogP contribution in [0.1, 0.15) is 24.8 Å². The van der Waals surface area contributed by atoms with Crippen LogP contribution >= 0.6 is 11.6 Å². The summed E-state index contributed by atoms with van der Waals surface area (Å²) >= 11 is 5.73. The molecule has 1 fully saturated rings. The average Bonchev–Trinajstić information content (AvgIpc) is 2.40. The van der Waals surface area contributed by atoms with Crippen LogP contribution in [0.4, 0.5) is 0 Å². The minimum atomic E-state index is -3.32. The van der Waals surface area contributed by atoms with E-state index in [1.165, 1.54) is 0 Å². The number of nitrogens with zero attached hydrogens (tertiary/aromatic N) is 1. The first-order valence-electron chi connectivity index (χ1n) is 5.79. The Labute approximate surface area is 107 Å². The van der Waals surface area contributed by atoms with Gasteiger partial charge in [0.1, 0.15) is 0 Å². The van der Waals surface area contributed by atoms with E-state index in [-0.39, 0.29) is 0 Å². The summed E-state index contributed by atoms with van der Waals surface area (Å²) < 4.78 is 26.2. The molecule has 3 nitrogen and oxygen atoms in total. The summed E-state index contributed by atoms with van der Waals surface area (Å²) in [4.78, 5) is 0.359. The van der Waals surface area contributed by atoms with Crippen LogP contribution in [0.25, 0.3) is 0 Å². The lowest BCUT2D eigenvalue weighted by Gasteiger charge is -2.25. The predicted molar refractivity (Wildman–Crippen MR) is 68.6 cm³/mol. The normalized spacial score (nSPS) is 18.2. The fraction of sp³-hybridized carbons (Fsp3) is 0.500. The van der Waals surface area contributed by atoms with Crippen LogP contribution in [0.15, 0.2) is 29.2 Å². The van der Waals surface area contributed by atoms with E-state index < -0.39 is 10.0 Å². The maximum Gasteiger partial charge on any atom is 0.243 e. The largest absolute Gasteiger partial charge is 0.243 e. The van der Waals surface area contributed by atoms with Crippen LogP contribution in [0.3, 0.4) is 0 Å². The number of piperidine rings is 1. The lowest BCUT2D eigenvalue weighted by atomic mass is 10.2. The fourth-order valence-corrected chi connectivity index (χ4v) is 3.80. The molecule has 1 heterocycles. The fourth-order valence-electron chi connectivity index (χ4n) is 2.04. The van der Waals surface area contributed by atoms with Crippen molar-refractivity contribution in [1.82, 2.24) is 4.31 Å². The summed E-state index contributed by atoms with van der Waals surface area (Å²) in [6.45, 7) is 1.26. The summed E-state index contributed by atoms with van der Waals surface area (Å²) in [5.41, 5.74) is 0.838. The van der Waals surface area contributed by atoms with E-state index in [9.17, 15) is 8.42 Å². The van der Waals surface area contributed by atoms with Gasteiger partial charge in [0, 0.05) is 19.0 Å². The van der Waals surface area contributed by atoms with Gasteiger partial charge in [-0.3, -0.25) is 0 Å². The number of halogens is 1. The Morgan fingerprint density at radius 2 is 1.88 bits per heavy atom. The molecular formula is C12H16ClNO2S. The molecule has 2 rings (SSSR count). The molecule has 0 unspecified atom stereocenters. The van der Waals surface area contributed by atoms with E-state index in [4.69, 9.17) is 11.6 Å². The molecule has 0 aromatic heterocycles. The lowest BCUT2D eigenvalue weighted by Crippen LogP contribution is -2.35. The topological polar surface area (TPSA) is 37.4 Å². The van der Waals surface area contributed by atoms with Gasteiger partial charge in [-0.1, -0.05) is 18.6 Å². The summed E-state index contributed by atoms with van der Waals surface area (Å²) in [5, 5.41) is 0. The van der Waals surface area contributed by atoms with Crippen LogP contribution in [-0.4, -0.2) is 25.8 Å². The van der Waals surface area contributed by atoms with E-state index in [0.29, 0.717) is 23.9 Å². The molecule has 0 saturated carbocycles. The molecule has 5 heteroatoms. The van der Waals surface area contributed by atoms with Gasteiger partial charge in [-0.2, -0.15) is 4.31 Å². The Balaban J connectivity index is 2.29. The molecule has 0 N–H and O–H groups in total. The van der Waals surface area contributed by atoms with E-state index >= 15 is 0 Å². The van der Waals surface area contributed by atoms with Crippen molar-refractivity contribution >= 4 is 21.6 Å². The van der Waals surface area contributed by atoms with Gasteiger partial charge in [0.2, 0.25) is 10.0 Å². The molecule has 0 amide bonds. The van der Waals surface area contributed by atoms with Crippen molar-refractivity contribution in [2.24, 2.45) is 0 Å². The molecule has 0 bridgehead atoms. The molecule has 1 aromatic carbocycles. The third-order valence-electron chi connectivity index (χ3n) is 3.01. The summed E-state index contributed by atoms with van der Waals surface area (Å²) in [7, 11) is -3.32. The van der Waals surface area contributed by atoms with Gasteiger partial charge in [0.15, 0.2) is 0 Å². The standard InChI is InChI=1S/C12H16ClNO2S/c13-10-11-5-4-6-12(9-11)17(15,16)14-7-2-1-3-8-14/h4-6,9H,1-3,7-8,10H2. The summed E-state index contributed by atoms with van der Waals surface area (Å²) in [6, 6.07) is 6.88. The van der Waals surface area contributed by atoms with E-state index in [0.717, 1.165) is 24.8 Å². The monoisotopic (exact) mass is 273 g/mol. The zero-order chi connectivity index (χ0) is 12.3. The zero-order valence-electron chi connectivity index (χ0n) is 9.60. The first kappa shape index (κ1) is 12.9. The van der Waals surface area contributed by atoms with Crippen molar-refractivity contribution < 1.29 is 8.42 Å². The van der Waals surface area contributed by atoms with Gasteiger partial charge in [-0.25, -0.2) is 8.42 Å². The molecule has 1 saturated heterocycles. The SMILES string of the molecule is O=S(=O)(c1cccc(CCl)c1)N1CCCCC1. The van der Waals surface area contributed by atoms with Crippen molar-refractivity contribution in [3.05, 3.63) is 29.8 Å². The molecule has 0 atom stereocenters. The second-order valence-electron chi connectivity index (χ2n) is 4.25. The maximum atomic E-state index is 12.3. The molecule has 1 aliphatic heterocycles. The molecule has 0 aliphatic carbocycles. The van der Waals surface area contributed by atoms with Crippen LogP contribution in [0, 0.1) is 0 Å². The maximum absolute atomic E-state index is 12.3. The van der Waals surface area contributed by atoms with Crippen molar-refractivity contribution in [2.75, 3.05) is 13.1 Å². The van der Waals surface area contributed by atoms with Gasteiger partial charge in [-0.05, 0) is 30.5 Å². The molecule has 0 spiro atoms. The van der Waals surface area contributed by atoms with Gasteiger partial charge in [0.05, 0.1) is 4.90 Å². The predicted octanol–water partition coefficient (Wildman–Crippen LogP) is 2.60. The van der Waals surface area contributed by atoms with E-state index in [2.05, 4.69) is 0 Å². The van der Waals surface area contributed by atoms with Gasteiger partial charge in [0.25, 0.3) is 0 Å². The highest BCUT2D eigenvalue weighted by molar-refractivity contribution is 7.89. The third kappa shape index (κ3) is 2.81. The van der Waals surface area contributed by atoms with Gasteiger partial charge < -0.3 is 0 Å². The molecule has 1 aromatic rings. The number of alkyl halides is 1. The molecular weight excluding hydrogens is 258 g/mol. The highest BCUT2D eigenvalue weighted by Crippen LogP contribution is 2.21. The molecule has 1 aliphatic rings. The number of sulfonamides is 1. The Kier molecular flexibility index (Phi) is 4.07. The van der Waals surface area contributed by atoms with Crippen molar-refractivity contribution in [3.8, 4) is 0 Å². The second kappa shape index (κ2) is 5.38. The van der Waals surface area contributed by atoms with Crippen LogP contribution in [0.5, 0.6) is 0 Å². The first-order chi connectivity index (χ1) is 8.14. The van der Waals surface area contributed by atoms with E-state index in [1.54, 1.807) is 22.5 Å². The Hall–Kier alpha value is -0.580. The summed E-state index contributed by atoms with van der Waals surface area (Å²) in [6.07, 6.45) is 3.02. The molecule has 0 radical (unpaired) electrons. The Morgan fingerprint density at radius 3 is 2.53 bits per heavy atom. The van der Waals surface area contributed by atoms with Crippen LogP contribution in [-0.2, 0) is 15.9 Å². The smallest absolute Gasteiger partial charge is 0.207 e. The Bertz CT molecular complexity index is 481. The lowest BCUT2D eigenvalue weighted by molar-refractivity contribution is 0.346. The highest BCUT2D eigenvalue weighted by atomic mass is 35.5. The first-order valence-corrected chi connectivity index (χ1v) is 7.77. The average molecular weight is 274 g/mol. The van der Waals surface area contributed by atoms with Crippen molar-refractivity contribution in [3.63, 3.8) is 0 Å². The number of hydrogen-bond donors (Lipinski definition) is 0. The minimum absolute atomic E-state index is 0.337. The van der Waals surface area contributed by atoms with Gasteiger partial charge in [-0.15, -0.1) is 11.6 Å². The van der Waals surface area contributed by atoms with Crippen molar-refractivity contribution in [2.45, 2.75) is 30.0 Å². The van der Waals surface area contributed by atoms with Crippen molar-refractivity contribution in [1.29, 1.82) is 0 Å². The minimum Gasteiger partial charge on any atom is -0.207 e. The number of benzene rings is 1. The quantitative estimate of drug-likeness (QED) is 0.794. The molecule has 94 valence electrons. The second-order valence-corrected chi connectivity index (χ2v) is 6.45. The van der Waals surface area contributed by atoms with Gasteiger partial charge >= 0.3 is 0 Å².